The Kier molecular flexibility index (Phi) is 3.39. The topological polar surface area (TPSA) is 66.7 Å². The molecule has 1 atom stereocenters. The molecule has 1 aromatic heterocycles. The van der Waals surface area contributed by atoms with Crippen LogP contribution in [0.15, 0.2) is 33.7 Å². The molecule has 2 aromatic rings. The van der Waals surface area contributed by atoms with Crippen molar-refractivity contribution in [2.75, 3.05) is 20.1 Å². The molecular formula is C17H21N3O3S. The number of likely N-dealkylation sites (tertiary alicyclic amines) is 1. The molecule has 4 rings (SSSR count). The van der Waals surface area contributed by atoms with E-state index in [2.05, 4.69) is 10.1 Å². The molecule has 128 valence electrons. The highest BCUT2D eigenvalue weighted by molar-refractivity contribution is 7.89. The summed E-state index contributed by atoms with van der Waals surface area (Å²) in [6.45, 7) is 6.13. The lowest BCUT2D eigenvalue weighted by molar-refractivity contribution is 0.216. The van der Waals surface area contributed by atoms with Crippen molar-refractivity contribution in [2.24, 2.45) is 0 Å². The largest absolute Gasteiger partial charge is 0.361 e. The molecule has 0 aliphatic carbocycles. The van der Waals surface area contributed by atoms with Crippen molar-refractivity contribution >= 4 is 10.0 Å². The fraction of sp³-hybridized carbons (Fsp3) is 0.471. The van der Waals surface area contributed by atoms with Crippen LogP contribution in [0.4, 0.5) is 0 Å². The van der Waals surface area contributed by atoms with Gasteiger partial charge in [0.1, 0.15) is 5.76 Å². The Morgan fingerprint density at radius 2 is 2.04 bits per heavy atom. The van der Waals surface area contributed by atoms with E-state index in [0.717, 1.165) is 42.1 Å². The van der Waals surface area contributed by atoms with Gasteiger partial charge in [0, 0.05) is 32.2 Å². The van der Waals surface area contributed by atoms with Crippen molar-refractivity contribution < 1.29 is 12.9 Å². The highest BCUT2D eigenvalue weighted by Crippen LogP contribution is 2.48. The van der Waals surface area contributed by atoms with Gasteiger partial charge in [0.05, 0.1) is 16.1 Å². The zero-order chi connectivity index (χ0) is 17.1. The molecule has 0 N–H and O–H groups in total. The van der Waals surface area contributed by atoms with Gasteiger partial charge < -0.3 is 4.52 Å². The molecule has 1 fully saturated rings. The molecule has 7 heteroatoms. The first-order valence-corrected chi connectivity index (χ1v) is 9.53. The van der Waals surface area contributed by atoms with Gasteiger partial charge in [-0.3, -0.25) is 4.90 Å². The van der Waals surface area contributed by atoms with Crippen LogP contribution in [0.3, 0.4) is 0 Å². The van der Waals surface area contributed by atoms with Gasteiger partial charge in [-0.25, -0.2) is 8.42 Å². The summed E-state index contributed by atoms with van der Waals surface area (Å²) in [6.07, 6.45) is 0.795. The molecule has 3 heterocycles. The Labute approximate surface area is 142 Å². The second-order valence-corrected chi connectivity index (χ2v) is 8.70. The van der Waals surface area contributed by atoms with Crippen LogP contribution in [0.1, 0.15) is 29.0 Å². The number of aromatic nitrogens is 1. The summed E-state index contributed by atoms with van der Waals surface area (Å²) in [4.78, 5) is 2.74. The van der Waals surface area contributed by atoms with E-state index in [9.17, 15) is 8.42 Å². The zero-order valence-electron chi connectivity index (χ0n) is 14.1. The van der Waals surface area contributed by atoms with Crippen LogP contribution in [0.5, 0.6) is 0 Å². The van der Waals surface area contributed by atoms with Crippen LogP contribution < -0.4 is 0 Å². The van der Waals surface area contributed by atoms with Crippen LogP contribution in [0, 0.1) is 13.8 Å². The van der Waals surface area contributed by atoms with Crippen LogP contribution in [-0.4, -0.2) is 42.9 Å². The molecule has 1 unspecified atom stereocenters. The van der Waals surface area contributed by atoms with Crippen LogP contribution >= 0.6 is 0 Å². The lowest BCUT2D eigenvalue weighted by atomic mass is 9.89. The highest BCUT2D eigenvalue weighted by atomic mass is 32.2. The Morgan fingerprint density at radius 1 is 1.29 bits per heavy atom. The Morgan fingerprint density at radius 3 is 2.75 bits per heavy atom. The average Bonchev–Trinajstić information content (AvgIpc) is 3.17. The standard InChI is InChI=1S/C17H21N3O3S/c1-12-14(13(2)23-18-12)10-20-9-8-17(11-20)15-6-4-5-7-16(15)24(21,22)19(17)3/h4-7H,8-11H2,1-3H3. The molecule has 1 aromatic carbocycles. The summed E-state index contributed by atoms with van der Waals surface area (Å²) in [6, 6.07) is 7.38. The van der Waals surface area contributed by atoms with Gasteiger partial charge in [-0.15, -0.1) is 0 Å². The molecule has 1 saturated heterocycles. The number of fused-ring (bicyclic) bond motifs is 2. The van der Waals surface area contributed by atoms with Gasteiger partial charge in [-0.05, 0) is 31.9 Å². The number of nitrogens with zero attached hydrogens (tertiary/aromatic N) is 3. The maximum Gasteiger partial charge on any atom is 0.244 e. The average molecular weight is 347 g/mol. The van der Waals surface area contributed by atoms with E-state index in [4.69, 9.17) is 4.52 Å². The summed E-state index contributed by atoms with van der Waals surface area (Å²) < 4.78 is 32.3. The van der Waals surface area contributed by atoms with Gasteiger partial charge in [0.15, 0.2) is 0 Å². The van der Waals surface area contributed by atoms with E-state index in [1.54, 1.807) is 23.5 Å². The second kappa shape index (κ2) is 5.15. The Balaban J connectivity index is 1.69. The zero-order valence-corrected chi connectivity index (χ0v) is 14.9. The van der Waals surface area contributed by atoms with Crippen molar-refractivity contribution in [1.82, 2.24) is 14.4 Å². The fourth-order valence-corrected chi connectivity index (χ4v) is 5.85. The molecule has 1 spiro atoms. The molecule has 0 saturated carbocycles. The second-order valence-electron chi connectivity index (χ2n) is 6.76. The number of benzene rings is 1. The molecule has 0 radical (unpaired) electrons. The monoisotopic (exact) mass is 347 g/mol. The summed E-state index contributed by atoms with van der Waals surface area (Å²) in [5.41, 5.74) is 2.47. The third-order valence-electron chi connectivity index (χ3n) is 5.52. The van der Waals surface area contributed by atoms with E-state index in [-0.39, 0.29) is 0 Å². The van der Waals surface area contributed by atoms with Crippen molar-refractivity contribution in [1.29, 1.82) is 0 Å². The Hall–Kier alpha value is -1.70. The SMILES string of the molecule is Cc1noc(C)c1CN1CCC2(C1)c1ccccc1S(=O)(=O)N2C. The lowest BCUT2D eigenvalue weighted by Gasteiger charge is -2.31. The molecule has 24 heavy (non-hydrogen) atoms. The van der Waals surface area contributed by atoms with Crippen molar-refractivity contribution in [3.05, 3.63) is 46.8 Å². The van der Waals surface area contributed by atoms with E-state index < -0.39 is 15.6 Å². The number of hydrogen-bond acceptors (Lipinski definition) is 5. The number of aryl methyl sites for hydroxylation is 2. The summed E-state index contributed by atoms with van der Waals surface area (Å²) in [5, 5.41) is 4.01. The first-order valence-electron chi connectivity index (χ1n) is 8.09. The number of sulfonamides is 1. The fourth-order valence-electron chi connectivity index (χ4n) is 4.06. The summed E-state index contributed by atoms with van der Waals surface area (Å²) >= 11 is 0. The molecule has 0 bridgehead atoms. The number of hydrogen-bond donors (Lipinski definition) is 0. The van der Waals surface area contributed by atoms with Crippen LogP contribution in [-0.2, 0) is 22.1 Å². The van der Waals surface area contributed by atoms with Gasteiger partial charge in [0.2, 0.25) is 10.0 Å². The third kappa shape index (κ3) is 2.01. The maximum absolute atomic E-state index is 12.8. The van der Waals surface area contributed by atoms with E-state index in [1.807, 2.05) is 26.0 Å². The van der Waals surface area contributed by atoms with Crippen molar-refractivity contribution in [3.63, 3.8) is 0 Å². The smallest absolute Gasteiger partial charge is 0.244 e. The van der Waals surface area contributed by atoms with Gasteiger partial charge in [0.25, 0.3) is 0 Å². The van der Waals surface area contributed by atoms with Crippen molar-refractivity contribution in [3.8, 4) is 0 Å². The molecular weight excluding hydrogens is 326 g/mol. The minimum absolute atomic E-state index is 0.451. The van der Waals surface area contributed by atoms with E-state index in [0.29, 0.717) is 11.4 Å². The lowest BCUT2D eigenvalue weighted by Crippen LogP contribution is -2.43. The molecule has 0 amide bonds. The van der Waals surface area contributed by atoms with Gasteiger partial charge >= 0.3 is 0 Å². The molecule has 2 aliphatic rings. The number of likely N-dealkylation sites (N-methyl/N-ethyl adjacent to an activating group) is 1. The molecule has 6 nitrogen and oxygen atoms in total. The minimum Gasteiger partial charge on any atom is -0.361 e. The summed E-state index contributed by atoms with van der Waals surface area (Å²) in [7, 11) is -1.70. The van der Waals surface area contributed by atoms with Gasteiger partial charge in [-0.2, -0.15) is 4.31 Å². The molecule has 2 aliphatic heterocycles. The Bertz CT molecular complexity index is 886. The van der Waals surface area contributed by atoms with E-state index in [1.165, 1.54) is 0 Å². The maximum atomic E-state index is 12.8. The predicted octanol–water partition coefficient (Wildman–Crippen LogP) is 2.03. The minimum atomic E-state index is -3.40. The normalized spacial score (nSPS) is 26.3. The quantitative estimate of drug-likeness (QED) is 0.831. The first kappa shape index (κ1) is 15.8. The van der Waals surface area contributed by atoms with Crippen molar-refractivity contribution in [2.45, 2.75) is 37.2 Å². The van der Waals surface area contributed by atoms with E-state index >= 15 is 0 Å². The number of rotatable bonds is 2. The highest BCUT2D eigenvalue weighted by Gasteiger charge is 2.54. The first-order chi connectivity index (χ1) is 11.4. The summed E-state index contributed by atoms with van der Waals surface area (Å²) in [5.74, 6) is 0.834. The predicted molar refractivity (Wildman–Crippen MR) is 88.9 cm³/mol. The third-order valence-corrected chi connectivity index (χ3v) is 7.50. The van der Waals surface area contributed by atoms with Gasteiger partial charge in [-0.1, -0.05) is 23.4 Å². The van der Waals surface area contributed by atoms with Crippen LogP contribution in [0.2, 0.25) is 0 Å². The van der Waals surface area contributed by atoms with Crippen LogP contribution in [0.25, 0.3) is 0 Å².